The maximum atomic E-state index is 12.3. The van der Waals surface area contributed by atoms with Crippen molar-refractivity contribution in [2.45, 2.75) is 55.8 Å². The van der Waals surface area contributed by atoms with Crippen LogP contribution in [0.15, 0.2) is 75.9 Å². The van der Waals surface area contributed by atoms with Crippen LogP contribution in [-0.4, -0.2) is 173 Å². The van der Waals surface area contributed by atoms with Gasteiger partial charge in [-0.2, -0.15) is 0 Å². The molecular weight excluding hydrogens is 1020 g/mol. The van der Waals surface area contributed by atoms with Crippen LogP contribution in [0.5, 0.6) is 0 Å². The Balaban J connectivity index is 1.31. The SMILES string of the molecule is COCCOCCOCC[N+](CCCS(=O)(=O)[O-])=c1ccc2c(/C=C/C=C3/N(CCOCCOCCOCCC(=O)ON4C(=O)CCC4=O)c4ccc(S(=O)(=O)[O-])cc4C3(C)CCCS(=O)(=O)[O-])ccoc-2c1. The summed E-state index contributed by atoms with van der Waals surface area (Å²) in [6, 6.07) is 11.2. The van der Waals surface area contributed by atoms with E-state index in [9.17, 15) is 53.3 Å². The number of carbonyl (C=O) groups excluding carboxylic acids is 3. The van der Waals surface area contributed by atoms with Crippen LogP contribution in [0, 0.1) is 0 Å². The molecule has 3 heterocycles. The van der Waals surface area contributed by atoms with Crippen molar-refractivity contribution in [2.75, 3.05) is 116 Å². The van der Waals surface area contributed by atoms with Gasteiger partial charge < -0.3 is 56.2 Å². The molecule has 0 N–H and O–H groups in total. The van der Waals surface area contributed by atoms with Crippen LogP contribution in [-0.2, 0) is 83.4 Å². The number of amides is 2. The summed E-state index contributed by atoms with van der Waals surface area (Å²) in [6.45, 7) is 5.14. The molecule has 0 radical (unpaired) electrons. The number of hydrogen-bond acceptors (Lipinski definition) is 21. The Morgan fingerprint density at radius 1 is 0.753 bits per heavy atom. The highest BCUT2D eigenvalue weighted by molar-refractivity contribution is 7.86. The zero-order valence-corrected chi connectivity index (χ0v) is 43.1. The van der Waals surface area contributed by atoms with E-state index in [4.69, 9.17) is 37.7 Å². The summed E-state index contributed by atoms with van der Waals surface area (Å²) in [5.41, 5.74) is 1.87. The van der Waals surface area contributed by atoms with Crippen molar-refractivity contribution < 1.29 is 91.0 Å². The largest absolute Gasteiger partial charge is 0.748 e. The molecule has 1 aliphatic carbocycles. The number of hydroxylamine groups is 2. The number of imide groups is 1. The van der Waals surface area contributed by atoms with E-state index in [1.54, 1.807) is 38.3 Å². The third kappa shape index (κ3) is 18.7. The van der Waals surface area contributed by atoms with Gasteiger partial charge in [0.05, 0.1) is 110 Å². The fourth-order valence-electron chi connectivity index (χ4n) is 8.10. The molecule has 0 saturated carbocycles. The van der Waals surface area contributed by atoms with Gasteiger partial charge in [0.2, 0.25) is 5.36 Å². The number of allylic oxidation sites excluding steroid dienone is 3. The van der Waals surface area contributed by atoms with Crippen molar-refractivity contribution >= 4 is 59.9 Å². The molecule has 1 aromatic rings. The van der Waals surface area contributed by atoms with Crippen LogP contribution in [0.3, 0.4) is 0 Å². The van der Waals surface area contributed by atoms with Crippen molar-refractivity contribution in [3.05, 3.63) is 83.1 Å². The van der Waals surface area contributed by atoms with Crippen LogP contribution in [0.25, 0.3) is 17.4 Å². The standard InChI is InChI=1S/C47H63N3O20S3/c1-47(16-4-32-71(54,55)56)40-35-38(73(60,61)62)9-11-41(40)49(19-23-66-28-31-68-29-26-64-20-15-46(53)70-50-44(51)12-13-45(50)52)43(47)7-3-6-36-14-21-69-42-34-37(8-10-39(36)42)48(17-5-33-72(57,58)59)18-22-65-27-30-67-25-24-63-2/h3,6-11,14,21,34-35H,4-5,12-13,15-20,22-33H2,1-2H3,(H2-,54,55,56,57,58,59,60,61,62)/p-2. The highest BCUT2D eigenvalue weighted by atomic mass is 32.2. The molecule has 1 saturated heterocycles. The smallest absolute Gasteiger partial charge is 0.335 e. The lowest BCUT2D eigenvalue weighted by Crippen LogP contribution is -2.35. The summed E-state index contributed by atoms with van der Waals surface area (Å²) in [5.74, 6) is -2.69. The lowest BCUT2D eigenvalue weighted by molar-refractivity contribution is -0.198. The van der Waals surface area contributed by atoms with Crippen LogP contribution in [0.1, 0.15) is 56.6 Å². The van der Waals surface area contributed by atoms with Crippen LogP contribution in [0.2, 0.25) is 0 Å². The maximum absolute atomic E-state index is 12.3. The van der Waals surface area contributed by atoms with Gasteiger partial charge in [-0.25, -0.2) is 34.6 Å². The normalized spacial score (nSPS) is 17.4. The van der Waals surface area contributed by atoms with Crippen molar-refractivity contribution in [1.82, 2.24) is 9.64 Å². The Bertz CT molecular complexity index is 2780. The Morgan fingerprint density at radius 2 is 1.37 bits per heavy atom. The van der Waals surface area contributed by atoms with E-state index in [1.165, 1.54) is 24.5 Å². The predicted molar refractivity (Wildman–Crippen MR) is 257 cm³/mol. The minimum absolute atomic E-state index is 0.0132. The van der Waals surface area contributed by atoms with Gasteiger partial charge in [-0.1, -0.05) is 12.2 Å². The molecule has 23 nitrogen and oxygen atoms in total. The first kappa shape index (κ1) is 58.9. The summed E-state index contributed by atoms with van der Waals surface area (Å²) in [5, 5.41) is 1.15. The minimum Gasteiger partial charge on any atom is -0.748 e. The second kappa shape index (κ2) is 28.1. The fraction of sp³-hybridized carbons (Fsp3) is 0.532. The number of rotatable bonds is 33. The van der Waals surface area contributed by atoms with Gasteiger partial charge in [-0.05, 0) is 67.3 Å². The van der Waals surface area contributed by atoms with E-state index in [2.05, 4.69) is 0 Å². The number of benzene rings is 2. The number of hydrogen-bond donors (Lipinski definition) is 0. The van der Waals surface area contributed by atoms with E-state index >= 15 is 0 Å². The van der Waals surface area contributed by atoms with E-state index in [0.717, 1.165) is 5.56 Å². The fourth-order valence-corrected chi connectivity index (χ4v) is 9.57. The summed E-state index contributed by atoms with van der Waals surface area (Å²) < 4.78 is 147. The zero-order chi connectivity index (χ0) is 53.1. The topological polar surface area (TPSA) is 310 Å². The Morgan fingerprint density at radius 3 is 2.01 bits per heavy atom. The number of methoxy groups -OCH3 is 1. The molecule has 73 heavy (non-hydrogen) atoms. The third-order valence-corrected chi connectivity index (χ3v) is 14.1. The molecule has 0 bridgehead atoms. The molecule has 1 atom stereocenters. The molecule has 4 aliphatic rings. The summed E-state index contributed by atoms with van der Waals surface area (Å²) >= 11 is 0. The first-order chi connectivity index (χ1) is 34.7. The molecule has 2 amide bonds. The second-order valence-corrected chi connectivity index (χ2v) is 21.3. The van der Waals surface area contributed by atoms with Crippen molar-refractivity contribution in [3.63, 3.8) is 0 Å². The number of anilines is 1. The quantitative estimate of drug-likeness (QED) is 0.0363. The lowest BCUT2D eigenvalue weighted by atomic mass is 9.77. The first-order valence-corrected chi connectivity index (χ1v) is 27.9. The highest BCUT2D eigenvalue weighted by Gasteiger charge is 2.43. The first-order valence-electron chi connectivity index (χ1n) is 23.4. The lowest BCUT2D eigenvalue weighted by Gasteiger charge is -2.30. The Hall–Kier alpha value is -4.97. The molecule has 26 heteroatoms. The predicted octanol–water partition coefficient (Wildman–Crippen LogP) is 1.72. The van der Waals surface area contributed by atoms with Crippen LogP contribution in [0.4, 0.5) is 5.69 Å². The molecule has 1 fully saturated rings. The van der Waals surface area contributed by atoms with E-state index in [0.29, 0.717) is 71.7 Å². The van der Waals surface area contributed by atoms with Gasteiger partial charge in [0.25, 0.3) is 11.8 Å². The molecule has 0 aromatic heterocycles. The molecular formula is C47H61N3O20S3-2. The van der Waals surface area contributed by atoms with Gasteiger partial charge in [-0.15, -0.1) is 5.06 Å². The van der Waals surface area contributed by atoms with Gasteiger partial charge in [-0.3, -0.25) is 9.59 Å². The zero-order valence-electron chi connectivity index (χ0n) is 40.6. The van der Waals surface area contributed by atoms with Crippen LogP contribution >= 0.6 is 0 Å². The summed E-state index contributed by atoms with van der Waals surface area (Å²) in [4.78, 5) is 41.4. The molecule has 404 valence electrons. The number of fused-ring (bicyclic) bond motifs is 2. The highest BCUT2D eigenvalue weighted by Crippen LogP contribution is 2.51. The van der Waals surface area contributed by atoms with Gasteiger partial charge in [0, 0.05) is 72.9 Å². The number of ether oxygens (including phenoxy) is 6. The van der Waals surface area contributed by atoms with E-state index in [-0.39, 0.29) is 97.9 Å². The van der Waals surface area contributed by atoms with E-state index < -0.39 is 70.0 Å². The third-order valence-electron chi connectivity index (χ3n) is 11.7. The van der Waals surface area contributed by atoms with Crippen molar-refractivity contribution in [2.24, 2.45) is 0 Å². The van der Waals surface area contributed by atoms with Gasteiger partial charge in [0.15, 0.2) is 6.54 Å². The van der Waals surface area contributed by atoms with Gasteiger partial charge >= 0.3 is 5.97 Å². The monoisotopic (exact) mass is 1080 g/mol. The molecule has 1 unspecified atom stereocenters. The summed E-state index contributed by atoms with van der Waals surface area (Å²) in [7, 11) is -12.4. The molecule has 5 rings (SSSR count). The van der Waals surface area contributed by atoms with Gasteiger partial charge in [0.1, 0.15) is 29.0 Å². The average molecular weight is 1080 g/mol. The summed E-state index contributed by atoms with van der Waals surface area (Å²) in [6.07, 6.45) is 6.70. The van der Waals surface area contributed by atoms with Crippen LogP contribution < -0.4 is 14.8 Å². The average Bonchev–Trinajstić information content (AvgIpc) is 3.76. The minimum atomic E-state index is -4.91. The van der Waals surface area contributed by atoms with Crippen molar-refractivity contribution in [1.29, 1.82) is 0 Å². The Kier molecular flexibility index (Phi) is 22.7. The molecule has 3 aliphatic heterocycles. The number of carbonyl (C=O) groups is 3. The maximum Gasteiger partial charge on any atom is 0.335 e. The number of nitrogens with zero attached hydrogens (tertiary/aromatic N) is 3. The van der Waals surface area contributed by atoms with Crippen molar-refractivity contribution in [3.8, 4) is 11.3 Å². The molecule has 0 spiro atoms. The second-order valence-electron chi connectivity index (χ2n) is 16.9. The Labute approximate surface area is 424 Å². The molecule has 1 aromatic carbocycles. The van der Waals surface area contributed by atoms with E-state index in [1.807, 2.05) is 27.7 Å².